The van der Waals surface area contributed by atoms with Gasteiger partial charge in [-0.3, -0.25) is 4.79 Å². The van der Waals surface area contributed by atoms with Gasteiger partial charge in [0, 0.05) is 37.6 Å². The molecule has 3 aliphatic heterocycles. The Morgan fingerprint density at radius 3 is 2.70 bits per heavy atom. The number of rotatable bonds is 5. The van der Waals surface area contributed by atoms with E-state index in [-0.39, 0.29) is 5.91 Å². The van der Waals surface area contributed by atoms with E-state index < -0.39 is 0 Å². The zero-order chi connectivity index (χ0) is 13.9. The van der Waals surface area contributed by atoms with Gasteiger partial charge >= 0.3 is 0 Å². The Kier molecular flexibility index (Phi) is 4.61. The summed E-state index contributed by atoms with van der Waals surface area (Å²) in [6, 6.07) is 1.36. The number of hydrogen-bond donors (Lipinski definition) is 2. The van der Waals surface area contributed by atoms with Crippen molar-refractivity contribution in [3.05, 3.63) is 0 Å². The van der Waals surface area contributed by atoms with Crippen LogP contribution in [0.5, 0.6) is 0 Å². The molecular weight excluding hydrogens is 252 g/mol. The lowest BCUT2D eigenvalue weighted by Gasteiger charge is -2.28. The van der Waals surface area contributed by atoms with E-state index in [1.807, 2.05) is 0 Å². The predicted octanol–water partition coefficient (Wildman–Crippen LogP) is 1.84. The van der Waals surface area contributed by atoms with Gasteiger partial charge in [0.15, 0.2) is 0 Å². The van der Waals surface area contributed by atoms with E-state index >= 15 is 0 Å². The molecule has 4 atom stereocenters. The van der Waals surface area contributed by atoms with Crippen LogP contribution in [0.4, 0.5) is 0 Å². The first-order chi connectivity index (χ1) is 9.74. The topological polar surface area (TPSA) is 50.4 Å². The van der Waals surface area contributed by atoms with Gasteiger partial charge in [-0.2, -0.15) is 0 Å². The number of fused-ring (bicyclic) bond motifs is 2. The van der Waals surface area contributed by atoms with Gasteiger partial charge in [-0.05, 0) is 44.4 Å². The molecule has 3 heterocycles. The molecule has 0 aliphatic carbocycles. The smallest absolute Gasteiger partial charge is 0.220 e. The summed E-state index contributed by atoms with van der Waals surface area (Å²) < 4.78 is 5.67. The van der Waals surface area contributed by atoms with Crippen LogP contribution in [-0.2, 0) is 9.53 Å². The Morgan fingerprint density at radius 2 is 2.00 bits per heavy atom. The molecule has 3 saturated heterocycles. The first-order valence-electron chi connectivity index (χ1n) is 8.39. The van der Waals surface area contributed by atoms with Gasteiger partial charge in [-0.1, -0.05) is 6.92 Å². The van der Waals surface area contributed by atoms with Crippen LogP contribution in [0.1, 0.15) is 51.9 Å². The van der Waals surface area contributed by atoms with Gasteiger partial charge < -0.3 is 15.4 Å². The van der Waals surface area contributed by atoms with E-state index in [0.717, 1.165) is 32.4 Å². The van der Waals surface area contributed by atoms with Crippen LogP contribution in [-0.4, -0.2) is 37.2 Å². The van der Waals surface area contributed by atoms with Crippen molar-refractivity contribution in [2.75, 3.05) is 13.2 Å². The molecule has 0 radical (unpaired) electrons. The molecule has 0 saturated carbocycles. The van der Waals surface area contributed by atoms with Crippen molar-refractivity contribution in [1.29, 1.82) is 0 Å². The van der Waals surface area contributed by atoms with Crippen molar-refractivity contribution in [2.24, 2.45) is 11.8 Å². The zero-order valence-corrected chi connectivity index (χ0v) is 12.6. The lowest BCUT2D eigenvalue weighted by atomic mass is 9.89. The van der Waals surface area contributed by atoms with Crippen LogP contribution in [0.3, 0.4) is 0 Å². The quantitative estimate of drug-likeness (QED) is 0.808. The Bertz CT molecular complexity index is 335. The van der Waals surface area contributed by atoms with Crippen LogP contribution in [0.15, 0.2) is 0 Å². The van der Waals surface area contributed by atoms with Crippen LogP contribution in [0, 0.1) is 11.8 Å². The maximum atomic E-state index is 12.1. The third kappa shape index (κ3) is 3.34. The van der Waals surface area contributed by atoms with Gasteiger partial charge in [-0.25, -0.2) is 0 Å². The maximum Gasteiger partial charge on any atom is 0.220 e. The summed E-state index contributed by atoms with van der Waals surface area (Å²) in [5, 5.41) is 6.78. The summed E-state index contributed by atoms with van der Waals surface area (Å²) in [5.41, 5.74) is 0. The molecule has 20 heavy (non-hydrogen) atoms. The van der Waals surface area contributed by atoms with Crippen LogP contribution in [0.25, 0.3) is 0 Å². The second-order valence-electron chi connectivity index (χ2n) is 6.85. The summed E-state index contributed by atoms with van der Waals surface area (Å²) >= 11 is 0. The van der Waals surface area contributed by atoms with E-state index in [2.05, 4.69) is 17.6 Å². The van der Waals surface area contributed by atoms with E-state index in [1.165, 1.54) is 25.7 Å². The third-order valence-electron chi connectivity index (χ3n) is 5.35. The lowest BCUT2D eigenvalue weighted by Crippen LogP contribution is -2.40. The number of piperidine rings is 1. The van der Waals surface area contributed by atoms with Gasteiger partial charge in [0.2, 0.25) is 5.91 Å². The summed E-state index contributed by atoms with van der Waals surface area (Å²) in [6.07, 6.45) is 8.21. The summed E-state index contributed by atoms with van der Waals surface area (Å²) in [5.74, 6) is 1.36. The van der Waals surface area contributed by atoms with Crippen molar-refractivity contribution in [2.45, 2.75) is 70.1 Å². The Labute approximate surface area is 122 Å². The van der Waals surface area contributed by atoms with E-state index in [0.29, 0.717) is 30.0 Å². The average molecular weight is 280 g/mol. The van der Waals surface area contributed by atoms with Crippen LogP contribution < -0.4 is 10.6 Å². The highest BCUT2D eigenvalue weighted by Gasteiger charge is 2.34. The largest absolute Gasteiger partial charge is 0.378 e. The summed E-state index contributed by atoms with van der Waals surface area (Å²) in [7, 11) is 0. The Morgan fingerprint density at radius 1 is 1.25 bits per heavy atom. The second kappa shape index (κ2) is 6.44. The standard InChI is InChI=1S/C16H28N2O2/c1-2-15-12(5-6-20-15)10-17-16(19)9-11-7-13-3-4-14(8-11)18-13/h11-15,18H,2-10H2,1H3,(H,17,19). The highest BCUT2D eigenvalue weighted by Crippen LogP contribution is 2.32. The second-order valence-corrected chi connectivity index (χ2v) is 6.85. The number of carbonyl (C=O) groups is 1. The molecule has 0 aromatic rings. The fraction of sp³-hybridized carbons (Fsp3) is 0.938. The minimum atomic E-state index is 0.248. The lowest BCUT2D eigenvalue weighted by molar-refractivity contribution is -0.122. The normalized spacial score (nSPS) is 40.0. The minimum Gasteiger partial charge on any atom is -0.378 e. The molecule has 3 aliphatic rings. The van der Waals surface area contributed by atoms with Crippen LogP contribution in [0.2, 0.25) is 0 Å². The van der Waals surface area contributed by atoms with Crippen molar-refractivity contribution >= 4 is 5.91 Å². The molecule has 0 aromatic carbocycles. The first kappa shape index (κ1) is 14.3. The van der Waals surface area contributed by atoms with Gasteiger partial charge in [0.1, 0.15) is 0 Å². The number of hydrogen-bond acceptors (Lipinski definition) is 3. The molecule has 3 fully saturated rings. The van der Waals surface area contributed by atoms with Crippen molar-refractivity contribution < 1.29 is 9.53 Å². The van der Waals surface area contributed by atoms with Crippen molar-refractivity contribution in [1.82, 2.24) is 10.6 Å². The summed E-state index contributed by atoms with van der Waals surface area (Å²) in [6.45, 7) is 3.82. The molecular formula is C16H28N2O2. The van der Waals surface area contributed by atoms with E-state index in [4.69, 9.17) is 4.74 Å². The molecule has 0 aromatic heterocycles. The highest BCUT2D eigenvalue weighted by atomic mass is 16.5. The van der Waals surface area contributed by atoms with Crippen LogP contribution >= 0.6 is 0 Å². The van der Waals surface area contributed by atoms with Crippen molar-refractivity contribution in [3.63, 3.8) is 0 Å². The zero-order valence-electron chi connectivity index (χ0n) is 12.6. The third-order valence-corrected chi connectivity index (χ3v) is 5.35. The SMILES string of the molecule is CCC1OCCC1CNC(=O)CC1CC2CCC(C1)N2. The molecule has 2 bridgehead atoms. The number of ether oxygens (including phenoxy) is 1. The van der Waals surface area contributed by atoms with Gasteiger partial charge in [-0.15, -0.1) is 0 Å². The molecule has 1 amide bonds. The minimum absolute atomic E-state index is 0.248. The Balaban J connectivity index is 1.39. The van der Waals surface area contributed by atoms with E-state index in [1.54, 1.807) is 0 Å². The number of nitrogens with one attached hydrogen (secondary N) is 2. The Hall–Kier alpha value is -0.610. The predicted molar refractivity (Wildman–Crippen MR) is 78.4 cm³/mol. The molecule has 4 unspecified atom stereocenters. The fourth-order valence-corrected chi connectivity index (χ4v) is 4.30. The molecule has 4 heteroatoms. The highest BCUT2D eigenvalue weighted by molar-refractivity contribution is 5.76. The number of carbonyl (C=O) groups excluding carboxylic acids is 1. The first-order valence-corrected chi connectivity index (χ1v) is 8.39. The summed E-state index contributed by atoms with van der Waals surface area (Å²) in [4.78, 5) is 12.1. The monoisotopic (exact) mass is 280 g/mol. The number of amides is 1. The fourth-order valence-electron chi connectivity index (χ4n) is 4.30. The van der Waals surface area contributed by atoms with Gasteiger partial charge in [0.05, 0.1) is 6.10 Å². The average Bonchev–Trinajstić information content (AvgIpc) is 3.02. The van der Waals surface area contributed by atoms with Gasteiger partial charge in [0.25, 0.3) is 0 Å². The molecule has 4 nitrogen and oxygen atoms in total. The van der Waals surface area contributed by atoms with Crippen molar-refractivity contribution in [3.8, 4) is 0 Å². The molecule has 114 valence electrons. The molecule has 3 rings (SSSR count). The molecule has 2 N–H and O–H groups in total. The molecule has 0 spiro atoms. The maximum absolute atomic E-state index is 12.1. The van der Waals surface area contributed by atoms with E-state index in [9.17, 15) is 4.79 Å².